The molecule has 0 aliphatic rings. The van der Waals surface area contributed by atoms with Gasteiger partial charge in [0.15, 0.2) is 0 Å². The maximum atomic E-state index is 5.71. The molecule has 2 aromatic rings. The number of benzene rings is 1. The van der Waals surface area contributed by atoms with Gasteiger partial charge in [0.1, 0.15) is 11.9 Å². The number of hydrogen-bond acceptors (Lipinski definition) is 3. The Morgan fingerprint density at radius 3 is 2.89 bits per heavy atom. The minimum Gasteiger partial charge on any atom is -0.333 e. The van der Waals surface area contributed by atoms with Crippen LogP contribution in [0.2, 0.25) is 0 Å². The second-order valence-corrected chi connectivity index (χ2v) is 4.95. The molecule has 5 heteroatoms. The number of aromatic nitrogens is 2. The average molecular weight is 309 g/mol. The van der Waals surface area contributed by atoms with Crippen LogP contribution >= 0.6 is 15.9 Å². The molecule has 4 nitrogen and oxygen atoms in total. The lowest BCUT2D eigenvalue weighted by molar-refractivity contribution is 0.544. The third kappa shape index (κ3) is 2.63. The van der Waals surface area contributed by atoms with Crippen molar-refractivity contribution in [2.75, 3.05) is 0 Å². The van der Waals surface area contributed by atoms with E-state index in [0.717, 1.165) is 28.8 Å². The zero-order valence-corrected chi connectivity index (χ0v) is 11.9. The number of hydrogen-bond donors (Lipinski definition) is 2. The maximum Gasteiger partial charge on any atom is 0.131 e. The summed E-state index contributed by atoms with van der Waals surface area (Å²) >= 11 is 3.55. The number of nitrogens with one attached hydrogen (secondary N) is 1. The second-order valence-electron chi connectivity index (χ2n) is 4.10. The average Bonchev–Trinajstić information content (AvgIpc) is 2.82. The van der Waals surface area contributed by atoms with Crippen LogP contribution in [0, 0.1) is 0 Å². The van der Waals surface area contributed by atoms with Crippen molar-refractivity contribution in [3.63, 3.8) is 0 Å². The van der Waals surface area contributed by atoms with Gasteiger partial charge in [0.05, 0.1) is 0 Å². The Morgan fingerprint density at radius 1 is 1.44 bits per heavy atom. The highest BCUT2D eigenvalue weighted by atomic mass is 79.9. The van der Waals surface area contributed by atoms with Crippen molar-refractivity contribution >= 4 is 15.9 Å². The van der Waals surface area contributed by atoms with Crippen molar-refractivity contribution in [3.05, 3.63) is 52.5 Å². The lowest BCUT2D eigenvalue weighted by Gasteiger charge is -2.18. The summed E-state index contributed by atoms with van der Waals surface area (Å²) in [6.07, 6.45) is 4.86. The van der Waals surface area contributed by atoms with E-state index in [1.165, 1.54) is 0 Å². The number of rotatable bonds is 5. The van der Waals surface area contributed by atoms with Gasteiger partial charge in [-0.1, -0.05) is 41.1 Å². The molecule has 1 unspecified atom stereocenters. The van der Waals surface area contributed by atoms with Gasteiger partial charge in [0, 0.05) is 23.4 Å². The largest absolute Gasteiger partial charge is 0.333 e. The molecule has 1 aromatic carbocycles. The normalized spacial score (nSPS) is 12.6. The van der Waals surface area contributed by atoms with Gasteiger partial charge in [-0.3, -0.25) is 5.84 Å². The fourth-order valence-electron chi connectivity index (χ4n) is 2.02. The van der Waals surface area contributed by atoms with Crippen LogP contribution in [-0.2, 0) is 6.54 Å². The van der Waals surface area contributed by atoms with Gasteiger partial charge in [-0.05, 0) is 18.1 Å². The van der Waals surface area contributed by atoms with E-state index in [1.807, 2.05) is 36.7 Å². The molecule has 0 saturated heterocycles. The topological polar surface area (TPSA) is 55.9 Å². The Kier molecular flexibility index (Phi) is 4.52. The first-order chi connectivity index (χ1) is 8.77. The van der Waals surface area contributed by atoms with Gasteiger partial charge in [-0.2, -0.15) is 0 Å². The molecular weight excluding hydrogens is 292 g/mol. The summed E-state index contributed by atoms with van der Waals surface area (Å²) in [5, 5.41) is 0. The van der Waals surface area contributed by atoms with Crippen LogP contribution in [0.15, 0.2) is 41.1 Å². The van der Waals surface area contributed by atoms with Crippen LogP contribution in [0.5, 0.6) is 0 Å². The first-order valence-corrected chi connectivity index (χ1v) is 6.78. The van der Waals surface area contributed by atoms with Crippen molar-refractivity contribution in [1.82, 2.24) is 15.0 Å². The summed E-state index contributed by atoms with van der Waals surface area (Å²) in [5.74, 6) is 6.64. The smallest absolute Gasteiger partial charge is 0.131 e. The number of hydrazine groups is 1. The van der Waals surface area contributed by atoms with Crippen LogP contribution in [0.3, 0.4) is 0 Å². The highest BCUT2D eigenvalue weighted by Crippen LogP contribution is 2.27. The Labute approximate surface area is 115 Å². The Morgan fingerprint density at radius 2 is 2.22 bits per heavy atom. The van der Waals surface area contributed by atoms with Crippen LogP contribution < -0.4 is 11.3 Å². The van der Waals surface area contributed by atoms with Gasteiger partial charge in [-0.25, -0.2) is 10.4 Å². The summed E-state index contributed by atoms with van der Waals surface area (Å²) in [5.41, 5.74) is 3.93. The fraction of sp³-hybridized carbons (Fsp3) is 0.308. The Hall–Kier alpha value is -1.17. The lowest BCUT2D eigenvalue weighted by Crippen LogP contribution is -2.31. The molecule has 0 aliphatic heterocycles. The molecule has 0 spiro atoms. The van der Waals surface area contributed by atoms with Crippen LogP contribution in [-0.4, -0.2) is 9.55 Å². The van der Waals surface area contributed by atoms with Crippen molar-refractivity contribution in [2.45, 2.75) is 25.9 Å². The second kappa shape index (κ2) is 6.13. The number of nitrogens with two attached hydrogens (primary N) is 1. The summed E-state index contributed by atoms with van der Waals surface area (Å²) in [4.78, 5) is 4.42. The van der Waals surface area contributed by atoms with Gasteiger partial charge in [0.2, 0.25) is 0 Å². The van der Waals surface area contributed by atoms with Gasteiger partial charge in [-0.15, -0.1) is 0 Å². The molecule has 0 amide bonds. The number of imidazole rings is 1. The summed E-state index contributed by atoms with van der Waals surface area (Å²) in [6, 6.07) is 7.92. The van der Waals surface area contributed by atoms with E-state index in [9.17, 15) is 0 Å². The quantitative estimate of drug-likeness (QED) is 0.659. The zero-order chi connectivity index (χ0) is 13.0. The van der Waals surface area contributed by atoms with Gasteiger partial charge < -0.3 is 4.57 Å². The highest BCUT2D eigenvalue weighted by Gasteiger charge is 2.19. The molecule has 0 aliphatic carbocycles. The molecule has 1 atom stereocenters. The first kappa shape index (κ1) is 13.3. The van der Waals surface area contributed by atoms with E-state index in [-0.39, 0.29) is 6.04 Å². The number of aryl methyl sites for hydroxylation is 1. The number of nitrogens with zero attached hydrogens (tertiary/aromatic N) is 2. The predicted molar refractivity (Wildman–Crippen MR) is 75.8 cm³/mol. The summed E-state index contributed by atoms with van der Waals surface area (Å²) in [6.45, 7) is 3.09. The van der Waals surface area contributed by atoms with Crippen molar-refractivity contribution < 1.29 is 0 Å². The van der Waals surface area contributed by atoms with Crippen molar-refractivity contribution in [3.8, 4) is 0 Å². The van der Waals surface area contributed by atoms with E-state index in [1.54, 1.807) is 0 Å². The minimum absolute atomic E-state index is 0.109. The molecular formula is C13H17BrN4. The summed E-state index contributed by atoms with van der Waals surface area (Å²) < 4.78 is 3.16. The van der Waals surface area contributed by atoms with Crippen molar-refractivity contribution in [2.24, 2.45) is 5.84 Å². The molecule has 0 radical (unpaired) electrons. The van der Waals surface area contributed by atoms with E-state index in [0.29, 0.717) is 0 Å². The van der Waals surface area contributed by atoms with Crippen LogP contribution in [0.25, 0.3) is 0 Å². The molecule has 96 valence electrons. The van der Waals surface area contributed by atoms with E-state index >= 15 is 0 Å². The molecule has 0 fully saturated rings. The number of halogens is 1. The lowest BCUT2D eigenvalue weighted by atomic mass is 10.1. The molecule has 0 bridgehead atoms. The van der Waals surface area contributed by atoms with Crippen LogP contribution in [0.1, 0.15) is 30.8 Å². The zero-order valence-electron chi connectivity index (χ0n) is 10.3. The summed E-state index contributed by atoms with van der Waals surface area (Å²) in [7, 11) is 0. The Balaban J connectivity index is 2.39. The molecule has 18 heavy (non-hydrogen) atoms. The molecule has 0 saturated carbocycles. The monoisotopic (exact) mass is 308 g/mol. The molecule has 2 rings (SSSR count). The third-order valence-electron chi connectivity index (χ3n) is 2.85. The first-order valence-electron chi connectivity index (χ1n) is 5.99. The fourth-order valence-corrected chi connectivity index (χ4v) is 2.54. The standard InChI is InChI=1S/C13H17BrN4/c1-2-8-18-9-7-16-13(18)12(17-15)10-5-3-4-6-11(10)14/h3-7,9,12,17H,2,8,15H2,1H3. The third-order valence-corrected chi connectivity index (χ3v) is 3.58. The molecule has 3 N–H and O–H groups in total. The van der Waals surface area contributed by atoms with E-state index in [2.05, 4.69) is 37.8 Å². The van der Waals surface area contributed by atoms with E-state index in [4.69, 9.17) is 5.84 Å². The SMILES string of the molecule is CCCn1ccnc1C(NN)c1ccccc1Br. The van der Waals surface area contributed by atoms with Gasteiger partial charge in [0.25, 0.3) is 0 Å². The molecule has 1 heterocycles. The van der Waals surface area contributed by atoms with Crippen LogP contribution in [0.4, 0.5) is 0 Å². The minimum atomic E-state index is -0.109. The maximum absolute atomic E-state index is 5.71. The highest BCUT2D eigenvalue weighted by molar-refractivity contribution is 9.10. The van der Waals surface area contributed by atoms with Crippen molar-refractivity contribution in [1.29, 1.82) is 0 Å². The molecule has 1 aromatic heterocycles. The van der Waals surface area contributed by atoms with E-state index < -0.39 is 0 Å². The Bertz CT molecular complexity index is 509. The predicted octanol–water partition coefficient (Wildman–Crippen LogP) is 2.61. The van der Waals surface area contributed by atoms with Gasteiger partial charge >= 0.3 is 0 Å².